The van der Waals surface area contributed by atoms with Crippen molar-refractivity contribution in [3.63, 3.8) is 0 Å². The molecule has 1 aliphatic rings. The van der Waals surface area contributed by atoms with E-state index in [0.717, 1.165) is 19.3 Å². The molecule has 1 heterocycles. The molecule has 1 aliphatic carbocycles. The van der Waals surface area contributed by atoms with E-state index in [1.807, 2.05) is 0 Å². The van der Waals surface area contributed by atoms with E-state index in [0.29, 0.717) is 17.4 Å². The topological polar surface area (TPSA) is 42.0 Å². The number of rotatable bonds is 3. The summed E-state index contributed by atoms with van der Waals surface area (Å²) in [6.07, 6.45) is 5.76. The molecule has 1 aromatic heterocycles. The third-order valence-corrected chi connectivity index (χ3v) is 3.98. The molecule has 104 valence electrons. The van der Waals surface area contributed by atoms with E-state index in [-0.39, 0.29) is 11.9 Å². The SMILES string of the molecule is CC(C)C1CCCC(NC(=O)c2ccnc(F)c2)C1. The maximum atomic E-state index is 13.0. The summed E-state index contributed by atoms with van der Waals surface area (Å²) in [6, 6.07) is 2.93. The second-order valence-corrected chi connectivity index (χ2v) is 5.71. The van der Waals surface area contributed by atoms with Crippen LogP contribution in [0.5, 0.6) is 0 Å². The number of nitrogens with zero attached hydrogens (tertiary/aromatic N) is 1. The number of aromatic nitrogens is 1. The first-order chi connectivity index (χ1) is 9.06. The minimum absolute atomic E-state index is 0.198. The zero-order valence-corrected chi connectivity index (χ0v) is 11.5. The number of hydrogen-bond donors (Lipinski definition) is 1. The summed E-state index contributed by atoms with van der Waals surface area (Å²) in [6.45, 7) is 4.46. The Balaban J connectivity index is 1.95. The molecule has 3 nitrogen and oxygen atoms in total. The summed E-state index contributed by atoms with van der Waals surface area (Å²) >= 11 is 0. The fourth-order valence-corrected chi connectivity index (χ4v) is 2.78. The lowest BCUT2D eigenvalue weighted by molar-refractivity contribution is 0.0912. The molecule has 0 saturated heterocycles. The summed E-state index contributed by atoms with van der Waals surface area (Å²) < 4.78 is 13.0. The van der Waals surface area contributed by atoms with Gasteiger partial charge < -0.3 is 5.32 Å². The Bertz CT molecular complexity index is 448. The summed E-state index contributed by atoms with van der Waals surface area (Å²) in [5.74, 6) is 0.512. The zero-order chi connectivity index (χ0) is 13.8. The van der Waals surface area contributed by atoms with Gasteiger partial charge in [-0.25, -0.2) is 4.98 Å². The van der Waals surface area contributed by atoms with Gasteiger partial charge in [0.15, 0.2) is 0 Å². The predicted octanol–water partition coefficient (Wildman–Crippen LogP) is 3.17. The molecule has 4 heteroatoms. The van der Waals surface area contributed by atoms with Crippen LogP contribution in [0.2, 0.25) is 0 Å². The first-order valence-electron chi connectivity index (χ1n) is 6.98. The summed E-state index contributed by atoms with van der Waals surface area (Å²) in [4.78, 5) is 15.5. The molecule has 1 fully saturated rings. The molecule has 1 aromatic rings. The molecular weight excluding hydrogens is 243 g/mol. The molecule has 0 radical (unpaired) electrons. The second kappa shape index (κ2) is 6.13. The van der Waals surface area contributed by atoms with E-state index in [2.05, 4.69) is 24.1 Å². The summed E-state index contributed by atoms with van der Waals surface area (Å²) in [7, 11) is 0. The molecule has 0 aromatic carbocycles. The van der Waals surface area contributed by atoms with Crippen LogP contribution in [-0.2, 0) is 0 Å². The molecule has 0 aliphatic heterocycles. The standard InChI is InChI=1S/C15H21FN2O/c1-10(2)11-4-3-5-13(8-11)18-15(19)12-6-7-17-14(16)9-12/h6-7,9-11,13H,3-5,8H2,1-2H3,(H,18,19). The molecular formula is C15H21FN2O. The average molecular weight is 264 g/mol. The monoisotopic (exact) mass is 264 g/mol. The van der Waals surface area contributed by atoms with Crippen LogP contribution in [0.3, 0.4) is 0 Å². The number of carbonyl (C=O) groups excluding carboxylic acids is 1. The van der Waals surface area contributed by atoms with E-state index >= 15 is 0 Å². The van der Waals surface area contributed by atoms with Crippen molar-refractivity contribution < 1.29 is 9.18 Å². The highest BCUT2D eigenvalue weighted by Crippen LogP contribution is 2.30. The van der Waals surface area contributed by atoms with Crippen LogP contribution < -0.4 is 5.32 Å². The van der Waals surface area contributed by atoms with Crippen LogP contribution in [0.25, 0.3) is 0 Å². The van der Waals surface area contributed by atoms with E-state index in [1.54, 1.807) is 6.07 Å². The van der Waals surface area contributed by atoms with Gasteiger partial charge in [-0.15, -0.1) is 0 Å². The number of pyridine rings is 1. The van der Waals surface area contributed by atoms with Crippen molar-refractivity contribution >= 4 is 5.91 Å². The fraction of sp³-hybridized carbons (Fsp3) is 0.600. The minimum atomic E-state index is -0.614. The van der Waals surface area contributed by atoms with Crippen molar-refractivity contribution in [1.82, 2.24) is 10.3 Å². The Morgan fingerprint density at radius 3 is 2.95 bits per heavy atom. The third-order valence-electron chi connectivity index (χ3n) is 3.98. The van der Waals surface area contributed by atoms with Gasteiger partial charge in [-0.3, -0.25) is 4.79 Å². The maximum Gasteiger partial charge on any atom is 0.251 e. The van der Waals surface area contributed by atoms with Crippen LogP contribution in [0, 0.1) is 17.8 Å². The van der Waals surface area contributed by atoms with Gasteiger partial charge in [0.2, 0.25) is 5.95 Å². The van der Waals surface area contributed by atoms with Gasteiger partial charge in [0.05, 0.1) is 0 Å². The Morgan fingerprint density at radius 1 is 1.47 bits per heavy atom. The molecule has 0 spiro atoms. The Morgan fingerprint density at radius 2 is 2.26 bits per heavy atom. The van der Waals surface area contributed by atoms with Crippen LogP contribution in [0.1, 0.15) is 49.9 Å². The third kappa shape index (κ3) is 3.75. The highest BCUT2D eigenvalue weighted by Gasteiger charge is 2.25. The second-order valence-electron chi connectivity index (χ2n) is 5.71. The Labute approximate surface area is 113 Å². The van der Waals surface area contributed by atoms with E-state index in [9.17, 15) is 9.18 Å². The van der Waals surface area contributed by atoms with Crippen molar-refractivity contribution in [1.29, 1.82) is 0 Å². The number of halogens is 1. The first-order valence-corrected chi connectivity index (χ1v) is 6.98. The largest absolute Gasteiger partial charge is 0.349 e. The van der Waals surface area contributed by atoms with Gasteiger partial charge in [-0.1, -0.05) is 26.7 Å². The van der Waals surface area contributed by atoms with Crippen molar-refractivity contribution in [2.75, 3.05) is 0 Å². The van der Waals surface area contributed by atoms with Crippen LogP contribution >= 0.6 is 0 Å². The molecule has 2 unspecified atom stereocenters. The quantitative estimate of drug-likeness (QED) is 0.852. The molecule has 2 atom stereocenters. The van der Waals surface area contributed by atoms with Crippen molar-refractivity contribution in [2.45, 2.75) is 45.6 Å². The lowest BCUT2D eigenvalue weighted by atomic mass is 9.79. The number of hydrogen-bond acceptors (Lipinski definition) is 2. The Hall–Kier alpha value is -1.45. The highest BCUT2D eigenvalue weighted by molar-refractivity contribution is 5.94. The smallest absolute Gasteiger partial charge is 0.251 e. The lowest BCUT2D eigenvalue weighted by Crippen LogP contribution is -2.39. The van der Waals surface area contributed by atoms with Gasteiger partial charge in [0, 0.05) is 23.9 Å². The van der Waals surface area contributed by atoms with Crippen LogP contribution in [0.4, 0.5) is 4.39 Å². The predicted molar refractivity (Wildman–Crippen MR) is 72.2 cm³/mol. The normalized spacial score (nSPS) is 23.4. The maximum absolute atomic E-state index is 13.0. The van der Waals surface area contributed by atoms with Gasteiger partial charge >= 0.3 is 0 Å². The van der Waals surface area contributed by atoms with E-state index in [1.165, 1.54) is 18.7 Å². The molecule has 1 amide bonds. The summed E-state index contributed by atoms with van der Waals surface area (Å²) in [5, 5.41) is 3.01. The lowest BCUT2D eigenvalue weighted by Gasteiger charge is -2.32. The molecule has 0 bridgehead atoms. The molecule has 1 saturated carbocycles. The minimum Gasteiger partial charge on any atom is -0.349 e. The van der Waals surface area contributed by atoms with E-state index in [4.69, 9.17) is 0 Å². The Kier molecular flexibility index (Phi) is 4.51. The summed E-state index contributed by atoms with van der Waals surface area (Å²) in [5.41, 5.74) is 0.346. The number of carbonyl (C=O) groups is 1. The van der Waals surface area contributed by atoms with Crippen molar-refractivity contribution in [2.24, 2.45) is 11.8 Å². The van der Waals surface area contributed by atoms with Crippen molar-refractivity contribution in [3.05, 3.63) is 29.8 Å². The molecule has 1 N–H and O–H groups in total. The van der Waals surface area contributed by atoms with Gasteiger partial charge in [-0.2, -0.15) is 4.39 Å². The van der Waals surface area contributed by atoms with Crippen molar-refractivity contribution in [3.8, 4) is 0 Å². The molecule has 2 rings (SSSR count). The van der Waals surface area contributed by atoms with Gasteiger partial charge in [-0.05, 0) is 30.7 Å². The highest BCUT2D eigenvalue weighted by atomic mass is 19.1. The fourth-order valence-electron chi connectivity index (χ4n) is 2.78. The average Bonchev–Trinajstić information content (AvgIpc) is 2.39. The number of amides is 1. The molecule has 19 heavy (non-hydrogen) atoms. The van der Waals surface area contributed by atoms with Gasteiger partial charge in [0.25, 0.3) is 5.91 Å². The first kappa shape index (κ1) is 14.0. The number of nitrogens with one attached hydrogen (secondary N) is 1. The zero-order valence-electron chi connectivity index (χ0n) is 11.5. The van der Waals surface area contributed by atoms with E-state index < -0.39 is 5.95 Å². The van der Waals surface area contributed by atoms with Crippen LogP contribution in [-0.4, -0.2) is 16.9 Å². The van der Waals surface area contributed by atoms with Crippen LogP contribution in [0.15, 0.2) is 18.3 Å². The van der Waals surface area contributed by atoms with Gasteiger partial charge in [0.1, 0.15) is 0 Å².